The lowest BCUT2D eigenvalue weighted by molar-refractivity contribution is -0.0111. The van der Waals surface area contributed by atoms with Gasteiger partial charge in [0, 0.05) is 29.1 Å². The predicted molar refractivity (Wildman–Crippen MR) is 118 cm³/mol. The summed E-state index contributed by atoms with van der Waals surface area (Å²) in [6, 6.07) is 10.8. The van der Waals surface area contributed by atoms with E-state index in [0.29, 0.717) is 28.8 Å². The molecule has 3 heterocycles. The van der Waals surface area contributed by atoms with Crippen LogP contribution in [0.25, 0.3) is 10.9 Å². The van der Waals surface area contributed by atoms with E-state index in [9.17, 15) is 9.90 Å². The number of benzene rings is 2. The molecule has 0 spiro atoms. The SMILES string of the molecule is CC1(C2CCN(C(=O)Nc3ccccc3Cl)CC2)[C@@H](O)c2cc(Cl)cc3cnn1c23. The molecule has 2 aliphatic rings. The van der Waals surface area contributed by atoms with Crippen molar-refractivity contribution in [2.24, 2.45) is 5.92 Å². The molecule has 2 atom stereocenters. The number of hydrogen-bond acceptors (Lipinski definition) is 3. The number of carbonyl (C=O) groups excluding carboxylic acids is 1. The molecule has 1 aromatic heterocycles. The van der Waals surface area contributed by atoms with Gasteiger partial charge in [0.2, 0.25) is 0 Å². The molecule has 5 rings (SSSR count). The lowest BCUT2D eigenvalue weighted by Gasteiger charge is -2.42. The first kappa shape index (κ1) is 19.7. The number of rotatable bonds is 2. The van der Waals surface area contributed by atoms with Crippen molar-refractivity contribution in [3.63, 3.8) is 0 Å². The molecular weight excluding hydrogens is 423 g/mol. The number of hydrogen-bond donors (Lipinski definition) is 2. The summed E-state index contributed by atoms with van der Waals surface area (Å²) in [5, 5.41) is 20.8. The van der Waals surface area contributed by atoms with Gasteiger partial charge in [-0.25, -0.2) is 4.79 Å². The highest BCUT2D eigenvalue weighted by molar-refractivity contribution is 6.33. The number of likely N-dealkylation sites (tertiary alicyclic amines) is 1. The van der Waals surface area contributed by atoms with E-state index in [1.54, 1.807) is 23.2 Å². The molecule has 2 aliphatic heterocycles. The zero-order valence-corrected chi connectivity index (χ0v) is 18.0. The number of amides is 2. The van der Waals surface area contributed by atoms with Gasteiger partial charge in [0.15, 0.2) is 0 Å². The molecule has 0 saturated carbocycles. The van der Waals surface area contributed by atoms with Crippen molar-refractivity contribution in [3.05, 3.63) is 58.2 Å². The molecule has 30 heavy (non-hydrogen) atoms. The Kier molecular flexibility index (Phi) is 4.69. The van der Waals surface area contributed by atoms with Crippen molar-refractivity contribution in [2.75, 3.05) is 18.4 Å². The van der Waals surface area contributed by atoms with Gasteiger partial charge in [-0.05, 0) is 49.9 Å². The van der Waals surface area contributed by atoms with Gasteiger partial charge in [0.05, 0.1) is 28.0 Å². The van der Waals surface area contributed by atoms with E-state index in [-0.39, 0.29) is 11.9 Å². The van der Waals surface area contributed by atoms with Crippen LogP contribution in [0.1, 0.15) is 31.4 Å². The molecule has 2 amide bonds. The van der Waals surface area contributed by atoms with Crippen LogP contribution in [-0.2, 0) is 5.54 Å². The van der Waals surface area contributed by atoms with Crippen molar-refractivity contribution in [1.29, 1.82) is 0 Å². The van der Waals surface area contributed by atoms with E-state index in [4.69, 9.17) is 23.2 Å². The Balaban J connectivity index is 1.33. The van der Waals surface area contributed by atoms with Crippen LogP contribution < -0.4 is 5.32 Å². The number of para-hydroxylation sites is 1. The number of nitrogens with zero attached hydrogens (tertiary/aromatic N) is 3. The second-order valence-corrected chi connectivity index (χ2v) is 9.13. The zero-order chi connectivity index (χ0) is 21.0. The summed E-state index contributed by atoms with van der Waals surface area (Å²) in [7, 11) is 0. The maximum absolute atomic E-state index is 12.7. The number of carbonyl (C=O) groups is 1. The summed E-state index contributed by atoms with van der Waals surface area (Å²) < 4.78 is 1.96. The molecule has 0 bridgehead atoms. The quantitative estimate of drug-likeness (QED) is 0.580. The summed E-state index contributed by atoms with van der Waals surface area (Å²) in [4.78, 5) is 14.5. The van der Waals surface area contributed by atoms with Gasteiger partial charge in [-0.1, -0.05) is 35.3 Å². The molecule has 3 aromatic rings. The Labute approximate surface area is 184 Å². The van der Waals surface area contributed by atoms with Crippen molar-refractivity contribution in [1.82, 2.24) is 14.7 Å². The second-order valence-electron chi connectivity index (χ2n) is 8.29. The normalized spacial score (nSPS) is 23.9. The minimum atomic E-state index is -0.684. The van der Waals surface area contributed by atoms with Crippen LogP contribution in [0.15, 0.2) is 42.6 Å². The number of urea groups is 1. The van der Waals surface area contributed by atoms with Gasteiger partial charge in [-0.2, -0.15) is 5.10 Å². The Morgan fingerprint density at radius 2 is 1.97 bits per heavy atom. The Bertz CT molecular complexity index is 1140. The third-order valence-corrected chi connectivity index (χ3v) is 7.23. The van der Waals surface area contributed by atoms with Crippen LogP contribution in [0.3, 0.4) is 0 Å². The fourth-order valence-electron chi connectivity index (χ4n) is 4.99. The van der Waals surface area contributed by atoms with Crippen LogP contribution in [0.5, 0.6) is 0 Å². The van der Waals surface area contributed by atoms with Gasteiger partial charge >= 0.3 is 6.03 Å². The number of aromatic nitrogens is 2. The third kappa shape index (κ3) is 2.89. The molecule has 2 N–H and O–H groups in total. The fraction of sp³-hybridized carbons (Fsp3) is 0.364. The molecule has 1 fully saturated rings. The van der Waals surface area contributed by atoms with Crippen molar-refractivity contribution < 1.29 is 9.90 Å². The number of halogens is 2. The van der Waals surface area contributed by atoms with Crippen LogP contribution in [0.4, 0.5) is 10.5 Å². The number of aliphatic hydroxyl groups is 1. The van der Waals surface area contributed by atoms with Gasteiger partial charge < -0.3 is 15.3 Å². The largest absolute Gasteiger partial charge is 0.386 e. The number of anilines is 1. The number of aliphatic hydroxyl groups excluding tert-OH is 1. The maximum Gasteiger partial charge on any atom is 0.321 e. The Morgan fingerprint density at radius 1 is 1.23 bits per heavy atom. The summed E-state index contributed by atoms with van der Waals surface area (Å²) in [5.74, 6) is 0.172. The van der Waals surface area contributed by atoms with Gasteiger partial charge in [-0.3, -0.25) is 4.68 Å². The standard InChI is InChI=1S/C22H22Cl2N4O2/c1-22(20(29)16-11-15(23)10-13-12-25-28(22)19(13)16)14-6-8-27(9-7-14)21(30)26-18-5-3-2-4-17(18)24/h2-5,10-12,14,20,29H,6-9H2,1H3,(H,26,30)/t20-,22?/m0/s1. The molecule has 6 nitrogen and oxygen atoms in total. The first-order valence-corrected chi connectivity index (χ1v) is 10.8. The smallest absolute Gasteiger partial charge is 0.321 e. The third-order valence-electron chi connectivity index (χ3n) is 6.69. The van der Waals surface area contributed by atoms with Crippen molar-refractivity contribution in [3.8, 4) is 0 Å². The van der Waals surface area contributed by atoms with E-state index in [2.05, 4.69) is 17.3 Å². The van der Waals surface area contributed by atoms with Crippen molar-refractivity contribution >= 4 is 45.8 Å². The van der Waals surface area contributed by atoms with Gasteiger partial charge in [0.25, 0.3) is 0 Å². The lowest BCUT2D eigenvalue weighted by atomic mass is 9.75. The highest BCUT2D eigenvalue weighted by atomic mass is 35.5. The predicted octanol–water partition coefficient (Wildman–Crippen LogP) is 5.05. The van der Waals surface area contributed by atoms with Crippen LogP contribution in [0, 0.1) is 5.92 Å². The minimum Gasteiger partial charge on any atom is -0.386 e. The lowest BCUT2D eigenvalue weighted by Crippen LogP contribution is -2.49. The van der Waals surface area contributed by atoms with Crippen molar-refractivity contribution in [2.45, 2.75) is 31.4 Å². The van der Waals surface area contributed by atoms with E-state index in [0.717, 1.165) is 29.3 Å². The molecule has 8 heteroatoms. The highest BCUT2D eigenvalue weighted by Gasteiger charge is 2.50. The number of nitrogens with one attached hydrogen (secondary N) is 1. The summed E-state index contributed by atoms with van der Waals surface area (Å²) in [6.45, 7) is 3.26. The molecular formula is C22H22Cl2N4O2. The summed E-state index contributed by atoms with van der Waals surface area (Å²) in [5.41, 5.74) is 1.82. The first-order chi connectivity index (χ1) is 14.4. The topological polar surface area (TPSA) is 70.4 Å². The molecule has 0 radical (unpaired) electrons. The van der Waals surface area contributed by atoms with E-state index in [1.165, 1.54) is 0 Å². The minimum absolute atomic E-state index is 0.157. The summed E-state index contributed by atoms with van der Waals surface area (Å²) >= 11 is 12.4. The van der Waals surface area contributed by atoms with Crippen LogP contribution in [-0.4, -0.2) is 38.9 Å². The maximum atomic E-state index is 12.7. The van der Waals surface area contributed by atoms with E-state index < -0.39 is 11.6 Å². The average Bonchev–Trinajstić information content (AvgIpc) is 3.26. The molecule has 156 valence electrons. The Hall–Kier alpha value is -2.28. The van der Waals surface area contributed by atoms with Crippen LogP contribution in [0.2, 0.25) is 10.0 Å². The first-order valence-electron chi connectivity index (χ1n) is 10.1. The Morgan fingerprint density at radius 3 is 2.70 bits per heavy atom. The number of piperidine rings is 1. The van der Waals surface area contributed by atoms with Gasteiger partial charge in [0.1, 0.15) is 6.10 Å². The second kappa shape index (κ2) is 7.15. The summed E-state index contributed by atoms with van der Waals surface area (Å²) in [6.07, 6.45) is 2.66. The van der Waals surface area contributed by atoms with Gasteiger partial charge in [-0.15, -0.1) is 0 Å². The molecule has 1 unspecified atom stereocenters. The van der Waals surface area contributed by atoms with Crippen LogP contribution >= 0.6 is 23.2 Å². The monoisotopic (exact) mass is 444 g/mol. The molecule has 0 aliphatic carbocycles. The molecule has 1 saturated heterocycles. The van der Waals surface area contributed by atoms with E-state index in [1.807, 2.05) is 28.9 Å². The fourth-order valence-corrected chi connectivity index (χ4v) is 5.41. The van der Waals surface area contributed by atoms with E-state index >= 15 is 0 Å². The highest BCUT2D eigenvalue weighted by Crippen LogP contribution is 2.51. The average molecular weight is 445 g/mol. The molecule has 2 aromatic carbocycles. The zero-order valence-electron chi connectivity index (χ0n) is 16.5.